The van der Waals surface area contributed by atoms with E-state index in [0.717, 1.165) is 18.7 Å². The van der Waals surface area contributed by atoms with Crippen molar-refractivity contribution in [3.8, 4) is 0 Å². The van der Waals surface area contributed by atoms with Crippen molar-refractivity contribution in [2.24, 2.45) is 0 Å². The van der Waals surface area contributed by atoms with E-state index in [1.54, 1.807) is 6.26 Å². The van der Waals surface area contributed by atoms with Gasteiger partial charge in [0.15, 0.2) is 0 Å². The number of nitrogens with one attached hydrogen (secondary N) is 1. The van der Waals surface area contributed by atoms with Crippen LogP contribution in [0.15, 0.2) is 47.1 Å². The van der Waals surface area contributed by atoms with Crippen LogP contribution in [0.5, 0.6) is 0 Å². The molecule has 0 radical (unpaired) electrons. The van der Waals surface area contributed by atoms with Gasteiger partial charge in [0, 0.05) is 24.7 Å². The van der Waals surface area contributed by atoms with Gasteiger partial charge in [0.25, 0.3) is 0 Å². The molecule has 1 aromatic heterocycles. The first kappa shape index (κ1) is 14.2. The third kappa shape index (κ3) is 4.11. The fourth-order valence-corrected chi connectivity index (χ4v) is 2.97. The van der Waals surface area contributed by atoms with Crippen LogP contribution in [-0.4, -0.2) is 24.0 Å². The number of furan rings is 1. The van der Waals surface area contributed by atoms with Gasteiger partial charge in [-0.3, -0.25) is 4.90 Å². The maximum atomic E-state index is 5.39. The molecular weight excluding hydrogens is 260 g/mol. The first-order valence-corrected chi connectivity index (χ1v) is 7.90. The molecule has 1 aliphatic rings. The lowest BCUT2D eigenvalue weighted by atomic mass is 10.1. The second-order valence-corrected chi connectivity index (χ2v) is 6.01. The van der Waals surface area contributed by atoms with Crippen molar-refractivity contribution in [1.29, 1.82) is 0 Å². The van der Waals surface area contributed by atoms with E-state index >= 15 is 0 Å². The van der Waals surface area contributed by atoms with Crippen molar-refractivity contribution in [3.63, 3.8) is 0 Å². The zero-order valence-electron chi connectivity index (χ0n) is 12.7. The van der Waals surface area contributed by atoms with Crippen LogP contribution in [0.4, 0.5) is 5.69 Å². The molecule has 112 valence electrons. The number of rotatable bonds is 6. The number of anilines is 1. The summed E-state index contributed by atoms with van der Waals surface area (Å²) in [4.78, 5) is 2.53. The maximum Gasteiger partial charge on any atom is 0.105 e. The average molecular weight is 284 g/mol. The van der Waals surface area contributed by atoms with Crippen molar-refractivity contribution in [2.75, 3.05) is 18.4 Å². The van der Waals surface area contributed by atoms with Crippen LogP contribution in [-0.2, 0) is 13.0 Å². The molecule has 1 unspecified atom stereocenters. The Balaban J connectivity index is 1.51. The van der Waals surface area contributed by atoms with Crippen LogP contribution in [0, 0.1) is 0 Å². The van der Waals surface area contributed by atoms with Crippen LogP contribution in [0.1, 0.15) is 31.1 Å². The summed E-state index contributed by atoms with van der Waals surface area (Å²) in [5.74, 6) is 1.03. The molecule has 1 N–H and O–H groups in total. The molecular formula is C18H24N2O. The van der Waals surface area contributed by atoms with Crippen molar-refractivity contribution < 1.29 is 4.42 Å². The lowest BCUT2D eigenvalue weighted by Gasteiger charge is -2.16. The number of hydrogen-bond donors (Lipinski definition) is 1. The molecule has 3 heteroatoms. The molecule has 0 bridgehead atoms. The van der Waals surface area contributed by atoms with Crippen LogP contribution in [0.2, 0.25) is 0 Å². The van der Waals surface area contributed by atoms with E-state index in [1.165, 1.54) is 37.2 Å². The highest BCUT2D eigenvalue weighted by atomic mass is 16.3. The van der Waals surface area contributed by atoms with Crippen LogP contribution in [0.3, 0.4) is 0 Å². The smallest absolute Gasteiger partial charge is 0.105 e. The van der Waals surface area contributed by atoms with Crippen molar-refractivity contribution in [3.05, 3.63) is 54.0 Å². The predicted octanol–water partition coefficient (Wildman–Crippen LogP) is 3.92. The van der Waals surface area contributed by atoms with E-state index in [9.17, 15) is 0 Å². The minimum absolute atomic E-state index is 0.362. The predicted molar refractivity (Wildman–Crippen MR) is 86.4 cm³/mol. The normalized spacial score (nSPS) is 17.0. The summed E-state index contributed by atoms with van der Waals surface area (Å²) in [5.41, 5.74) is 2.58. The van der Waals surface area contributed by atoms with Gasteiger partial charge in [0.1, 0.15) is 5.76 Å². The Labute approximate surface area is 127 Å². The minimum Gasteiger partial charge on any atom is -0.469 e. The van der Waals surface area contributed by atoms with Gasteiger partial charge in [-0.25, -0.2) is 0 Å². The molecule has 0 aliphatic carbocycles. The van der Waals surface area contributed by atoms with E-state index in [0.29, 0.717) is 6.04 Å². The zero-order valence-corrected chi connectivity index (χ0v) is 12.7. The molecule has 0 spiro atoms. The van der Waals surface area contributed by atoms with Gasteiger partial charge in [0.2, 0.25) is 0 Å². The molecule has 1 aromatic carbocycles. The van der Waals surface area contributed by atoms with Gasteiger partial charge in [-0.05, 0) is 62.7 Å². The Kier molecular flexibility index (Phi) is 4.61. The lowest BCUT2D eigenvalue weighted by Crippen LogP contribution is -2.19. The second kappa shape index (κ2) is 6.81. The molecule has 0 saturated carbocycles. The summed E-state index contributed by atoms with van der Waals surface area (Å²) in [6.45, 7) is 5.77. The first-order valence-electron chi connectivity index (χ1n) is 7.90. The number of benzene rings is 1. The van der Waals surface area contributed by atoms with Crippen molar-refractivity contribution in [1.82, 2.24) is 4.90 Å². The van der Waals surface area contributed by atoms with Gasteiger partial charge in [-0.2, -0.15) is 0 Å². The van der Waals surface area contributed by atoms with Crippen molar-refractivity contribution >= 4 is 5.69 Å². The van der Waals surface area contributed by atoms with E-state index in [1.807, 2.05) is 12.1 Å². The lowest BCUT2D eigenvalue weighted by molar-refractivity contribution is 0.331. The van der Waals surface area contributed by atoms with Gasteiger partial charge >= 0.3 is 0 Å². The van der Waals surface area contributed by atoms with Gasteiger partial charge in [-0.1, -0.05) is 12.1 Å². The molecule has 2 aromatic rings. The first-order chi connectivity index (χ1) is 10.3. The maximum absolute atomic E-state index is 5.39. The third-order valence-corrected chi connectivity index (χ3v) is 4.06. The number of hydrogen-bond acceptors (Lipinski definition) is 3. The number of nitrogens with zero attached hydrogens (tertiary/aromatic N) is 1. The average Bonchev–Trinajstić information content (AvgIpc) is 3.14. The fraction of sp³-hybridized carbons (Fsp3) is 0.444. The van der Waals surface area contributed by atoms with Crippen LogP contribution >= 0.6 is 0 Å². The summed E-state index contributed by atoms with van der Waals surface area (Å²) in [6.07, 6.45) is 5.34. The zero-order chi connectivity index (χ0) is 14.5. The molecule has 3 rings (SSSR count). The molecule has 1 fully saturated rings. The number of likely N-dealkylation sites (tertiary alicyclic amines) is 1. The molecule has 21 heavy (non-hydrogen) atoms. The molecule has 1 atom stereocenters. The monoisotopic (exact) mass is 284 g/mol. The summed E-state index contributed by atoms with van der Waals surface area (Å²) < 4.78 is 5.39. The molecule has 3 nitrogen and oxygen atoms in total. The minimum atomic E-state index is 0.362. The van der Waals surface area contributed by atoms with Gasteiger partial charge < -0.3 is 9.73 Å². The summed E-state index contributed by atoms with van der Waals surface area (Å²) in [5, 5.41) is 3.53. The molecule has 1 aliphatic heterocycles. The largest absolute Gasteiger partial charge is 0.469 e. The molecule has 0 amide bonds. The summed E-state index contributed by atoms with van der Waals surface area (Å²) in [7, 11) is 0. The second-order valence-electron chi connectivity index (χ2n) is 6.01. The van der Waals surface area contributed by atoms with E-state index < -0.39 is 0 Å². The molecule has 1 saturated heterocycles. The van der Waals surface area contributed by atoms with Crippen LogP contribution in [0.25, 0.3) is 0 Å². The fourth-order valence-electron chi connectivity index (χ4n) is 2.97. The third-order valence-electron chi connectivity index (χ3n) is 4.06. The topological polar surface area (TPSA) is 28.4 Å². The van der Waals surface area contributed by atoms with Crippen LogP contribution < -0.4 is 5.32 Å². The Morgan fingerprint density at radius 2 is 1.90 bits per heavy atom. The standard InChI is InChI=1S/C18H24N2O/c1-15(13-18-5-4-12-21-18)19-17-8-6-16(7-9-17)14-20-10-2-3-11-20/h4-9,12,15,19H,2-3,10-11,13-14H2,1H3. The summed E-state index contributed by atoms with van der Waals surface area (Å²) in [6, 6.07) is 13.2. The van der Waals surface area contributed by atoms with Crippen molar-refractivity contribution in [2.45, 2.75) is 38.8 Å². The van der Waals surface area contributed by atoms with E-state index in [2.05, 4.69) is 41.4 Å². The van der Waals surface area contributed by atoms with E-state index in [-0.39, 0.29) is 0 Å². The highest BCUT2D eigenvalue weighted by Crippen LogP contribution is 2.16. The Morgan fingerprint density at radius 3 is 2.57 bits per heavy atom. The molecule has 2 heterocycles. The quantitative estimate of drug-likeness (QED) is 0.871. The Morgan fingerprint density at radius 1 is 1.14 bits per heavy atom. The van der Waals surface area contributed by atoms with E-state index in [4.69, 9.17) is 4.42 Å². The summed E-state index contributed by atoms with van der Waals surface area (Å²) >= 11 is 0. The SMILES string of the molecule is CC(Cc1ccco1)Nc1ccc(CN2CCCC2)cc1. The van der Waals surface area contributed by atoms with Gasteiger partial charge in [0.05, 0.1) is 6.26 Å². The Bertz CT molecular complexity index is 527. The van der Waals surface area contributed by atoms with Gasteiger partial charge in [-0.15, -0.1) is 0 Å². The Hall–Kier alpha value is -1.74. The highest BCUT2D eigenvalue weighted by molar-refractivity contribution is 5.45. The highest BCUT2D eigenvalue weighted by Gasteiger charge is 2.11.